The van der Waals surface area contributed by atoms with Gasteiger partial charge in [-0.3, -0.25) is 0 Å². The topological polar surface area (TPSA) is 71.4 Å². The van der Waals surface area contributed by atoms with Gasteiger partial charge in [0.15, 0.2) is 0 Å². The van der Waals surface area contributed by atoms with Crippen molar-refractivity contribution < 1.29 is 0 Å². The van der Waals surface area contributed by atoms with Crippen LogP contribution >= 0.6 is 8.58 Å². The Balaban J connectivity index is 0.000000292. The minimum absolute atomic E-state index is 0.0357. The van der Waals surface area contributed by atoms with E-state index < -0.39 is 11.6 Å². The Bertz CT molecular complexity index is 1120. The maximum Gasteiger partial charge on any atom is 0.261 e. The van der Waals surface area contributed by atoms with Crippen molar-refractivity contribution in [2.24, 2.45) is 5.41 Å². The molecule has 0 amide bonds. The largest absolute Gasteiger partial charge is 0.261 e. The molecular formula is C30H27BN3P. The quantitative estimate of drug-likeness (QED) is 0.319. The van der Waals surface area contributed by atoms with Gasteiger partial charge in [0.1, 0.15) is 30.5 Å². The number of nitrogens with zero attached hydrogens (tertiary/aromatic N) is 3. The van der Waals surface area contributed by atoms with Crippen molar-refractivity contribution in [1.82, 2.24) is 0 Å². The number of benzene rings is 4. The zero-order valence-corrected chi connectivity index (χ0v) is 20.9. The van der Waals surface area contributed by atoms with E-state index >= 15 is 0 Å². The Morgan fingerprint density at radius 1 is 0.543 bits per heavy atom. The zero-order valence-electron chi connectivity index (χ0n) is 19.8. The van der Waals surface area contributed by atoms with Crippen molar-refractivity contribution in [3.8, 4) is 18.2 Å². The maximum absolute atomic E-state index is 8.43. The van der Waals surface area contributed by atoms with Gasteiger partial charge in [-0.2, -0.15) is 37.6 Å². The van der Waals surface area contributed by atoms with Crippen LogP contribution in [0.4, 0.5) is 0 Å². The van der Waals surface area contributed by atoms with Gasteiger partial charge in [-0.1, -0.05) is 121 Å². The Hall–Kier alpha value is -4.16. The van der Waals surface area contributed by atoms with Crippen LogP contribution in [-0.2, 0) is 0 Å². The van der Waals surface area contributed by atoms with Crippen LogP contribution in [0.15, 0.2) is 121 Å². The summed E-state index contributed by atoms with van der Waals surface area (Å²) < 4.78 is 0. The second-order valence-corrected chi connectivity index (χ2v) is 9.59. The highest BCUT2D eigenvalue weighted by molar-refractivity contribution is 7.37. The molecule has 0 saturated carbocycles. The molecule has 0 aliphatic rings. The maximum atomic E-state index is 8.43. The van der Waals surface area contributed by atoms with Gasteiger partial charge in [0.2, 0.25) is 0 Å². The molecule has 1 unspecified atom stereocenters. The molecule has 0 fully saturated rings. The van der Waals surface area contributed by atoms with Crippen molar-refractivity contribution in [3.63, 3.8) is 0 Å². The van der Waals surface area contributed by atoms with Crippen LogP contribution in [0.25, 0.3) is 0 Å². The van der Waals surface area contributed by atoms with Crippen molar-refractivity contribution >= 4 is 36.6 Å². The SMILES string of the molecule is C[PH2+]CC(C#N)(C#N)C#N.c1ccc([B-](c2ccccc2)(c2ccccc2)c2ccccc2)cc1. The first kappa shape index (κ1) is 25.5. The molecule has 0 N–H and O–H groups in total. The summed E-state index contributed by atoms with van der Waals surface area (Å²) in [7, 11) is 0.0357. The molecule has 4 aromatic carbocycles. The predicted molar refractivity (Wildman–Crippen MR) is 150 cm³/mol. The second-order valence-electron chi connectivity index (χ2n) is 8.36. The molecule has 3 nitrogen and oxygen atoms in total. The molecule has 170 valence electrons. The molecule has 0 bridgehead atoms. The molecule has 4 rings (SSSR count). The lowest BCUT2D eigenvalue weighted by Crippen LogP contribution is -2.74. The molecular weight excluding hydrogens is 444 g/mol. The highest BCUT2D eigenvalue weighted by atomic mass is 31.1. The number of rotatable bonds is 6. The molecule has 0 spiro atoms. The number of nitriles is 3. The fraction of sp³-hybridized carbons (Fsp3) is 0.100. The minimum Gasteiger partial charge on any atom is -0.195 e. The molecule has 0 radical (unpaired) electrons. The lowest BCUT2D eigenvalue weighted by Gasteiger charge is -2.44. The van der Waals surface area contributed by atoms with Gasteiger partial charge >= 0.3 is 0 Å². The van der Waals surface area contributed by atoms with Crippen LogP contribution in [0.5, 0.6) is 0 Å². The molecule has 35 heavy (non-hydrogen) atoms. The van der Waals surface area contributed by atoms with Crippen molar-refractivity contribution in [1.29, 1.82) is 15.8 Å². The summed E-state index contributed by atoms with van der Waals surface area (Å²) in [6.45, 7) is 1.92. The summed E-state index contributed by atoms with van der Waals surface area (Å²) in [6, 6.07) is 48.7. The van der Waals surface area contributed by atoms with Crippen molar-refractivity contribution in [2.75, 3.05) is 12.8 Å². The highest BCUT2D eigenvalue weighted by Gasteiger charge is 2.32. The first-order valence-corrected chi connectivity index (χ1v) is 13.5. The molecule has 4 aromatic rings. The average Bonchev–Trinajstić information content (AvgIpc) is 2.95. The molecule has 0 heterocycles. The van der Waals surface area contributed by atoms with E-state index in [0.717, 1.165) is 0 Å². The Kier molecular flexibility index (Phi) is 8.98. The second kappa shape index (κ2) is 12.3. The van der Waals surface area contributed by atoms with Gasteiger partial charge in [0.05, 0.1) is 0 Å². The minimum atomic E-state index is -1.37. The van der Waals surface area contributed by atoms with E-state index in [2.05, 4.69) is 121 Å². The average molecular weight is 471 g/mol. The van der Waals surface area contributed by atoms with E-state index in [1.54, 1.807) is 18.2 Å². The van der Waals surface area contributed by atoms with Crippen molar-refractivity contribution in [3.05, 3.63) is 121 Å². The normalized spacial score (nSPS) is 10.9. The smallest absolute Gasteiger partial charge is 0.195 e. The van der Waals surface area contributed by atoms with Gasteiger partial charge in [0, 0.05) is 6.66 Å². The fourth-order valence-corrected chi connectivity index (χ4v) is 5.53. The molecule has 0 aromatic heterocycles. The van der Waals surface area contributed by atoms with E-state index in [9.17, 15) is 0 Å². The summed E-state index contributed by atoms with van der Waals surface area (Å²) >= 11 is 0. The van der Waals surface area contributed by atoms with Gasteiger partial charge in [-0.15, -0.1) is 0 Å². The van der Waals surface area contributed by atoms with E-state index in [0.29, 0.717) is 6.16 Å². The Morgan fingerprint density at radius 3 is 0.971 bits per heavy atom. The lowest BCUT2D eigenvalue weighted by molar-refractivity contribution is 0.785. The predicted octanol–water partition coefficient (Wildman–Crippen LogP) is 3.65. The standard InChI is InChI=1S/C24H20B.C6H6N3P/c1-5-13-21(14-6-1)25(22-15-7-2-8-16-22,23-17-9-3-10-18-23)24-19-11-4-12-20-24;1-10-5-6(2-7,3-8)4-9/h1-20H;10H,5H2,1H3/q-1;/p+1. The van der Waals surface area contributed by atoms with Crippen LogP contribution in [0.2, 0.25) is 0 Å². The van der Waals surface area contributed by atoms with Gasteiger partial charge in [0.25, 0.3) is 5.41 Å². The van der Waals surface area contributed by atoms with Gasteiger partial charge < -0.3 is 0 Å². The summed E-state index contributed by atoms with van der Waals surface area (Å²) in [4.78, 5) is 0. The molecule has 0 saturated heterocycles. The molecule has 0 aliphatic carbocycles. The van der Waals surface area contributed by atoms with E-state index in [-0.39, 0.29) is 8.58 Å². The molecule has 5 heteroatoms. The Morgan fingerprint density at radius 2 is 0.800 bits per heavy atom. The monoisotopic (exact) mass is 471 g/mol. The summed E-state index contributed by atoms with van der Waals surface area (Å²) in [5.74, 6) is 0. The van der Waals surface area contributed by atoms with Crippen molar-refractivity contribution in [2.45, 2.75) is 0 Å². The fourth-order valence-electron chi connectivity index (χ4n) is 4.64. The first-order chi connectivity index (χ1) is 17.2. The third-order valence-electron chi connectivity index (χ3n) is 6.28. The molecule has 0 aliphatic heterocycles. The van der Waals surface area contributed by atoms with E-state index in [1.165, 1.54) is 21.9 Å². The first-order valence-electron chi connectivity index (χ1n) is 11.6. The van der Waals surface area contributed by atoms with Crippen LogP contribution in [0.1, 0.15) is 0 Å². The van der Waals surface area contributed by atoms with Crippen LogP contribution in [-0.4, -0.2) is 19.0 Å². The number of hydrogen-bond donors (Lipinski definition) is 0. The summed E-state index contributed by atoms with van der Waals surface area (Å²) in [5.41, 5.74) is 3.98. The van der Waals surface area contributed by atoms with Gasteiger partial charge in [-0.05, 0) is 8.58 Å². The summed E-state index contributed by atoms with van der Waals surface area (Å²) in [5, 5.41) is 25.3. The summed E-state index contributed by atoms with van der Waals surface area (Å²) in [6.07, 6.45) is -0.802. The van der Waals surface area contributed by atoms with E-state index in [1.807, 2.05) is 6.66 Å². The van der Waals surface area contributed by atoms with Gasteiger partial charge in [-0.25, -0.2) is 0 Å². The lowest BCUT2D eigenvalue weighted by atomic mass is 9.13. The van der Waals surface area contributed by atoms with E-state index in [4.69, 9.17) is 15.8 Å². The molecule has 1 atom stereocenters. The van der Waals surface area contributed by atoms with Crippen LogP contribution in [0.3, 0.4) is 0 Å². The zero-order chi connectivity index (χ0) is 25.0. The third kappa shape index (κ3) is 5.50. The Labute approximate surface area is 210 Å². The number of hydrogen-bond acceptors (Lipinski definition) is 3. The third-order valence-corrected chi connectivity index (χ3v) is 7.30. The van der Waals surface area contributed by atoms with Crippen LogP contribution < -0.4 is 21.9 Å². The van der Waals surface area contributed by atoms with Crippen LogP contribution in [0, 0.1) is 39.4 Å². The highest BCUT2D eigenvalue weighted by Crippen LogP contribution is 2.21.